The Labute approximate surface area is 171 Å². The molecule has 2 aliphatic heterocycles. The van der Waals surface area contributed by atoms with Crippen LogP contribution in [0.2, 0.25) is 0 Å². The molecule has 6 heteroatoms. The van der Waals surface area contributed by atoms with E-state index in [4.69, 9.17) is 4.74 Å². The molecule has 1 atom stereocenters. The number of allylic oxidation sites excluding steroid dienone is 1. The van der Waals surface area contributed by atoms with Crippen LogP contribution in [0.15, 0.2) is 40.5 Å². The van der Waals surface area contributed by atoms with Crippen LogP contribution in [0, 0.1) is 5.92 Å². The number of nitrogens with zero attached hydrogens (tertiary/aromatic N) is 2. The predicted molar refractivity (Wildman–Crippen MR) is 113 cm³/mol. The topological polar surface area (TPSA) is 59.0 Å². The Morgan fingerprint density at radius 1 is 1.25 bits per heavy atom. The number of aliphatic imine (C=N–C) groups is 1. The lowest BCUT2D eigenvalue weighted by molar-refractivity contribution is -0.141. The summed E-state index contributed by atoms with van der Waals surface area (Å²) in [5.41, 5.74) is 3.21. The SMILES string of the molecule is CC1=C(C(=O)OCC(C)C)C(c2ccc(C(C)C)cc2)N2C(=O)CCSC2=N1. The molecule has 2 aliphatic rings. The molecule has 0 aromatic heterocycles. The van der Waals surface area contributed by atoms with Crippen LogP contribution in [0.25, 0.3) is 0 Å². The fourth-order valence-electron chi connectivity index (χ4n) is 3.36. The highest BCUT2D eigenvalue weighted by molar-refractivity contribution is 8.14. The molecule has 0 spiro atoms. The smallest absolute Gasteiger partial charge is 0.338 e. The van der Waals surface area contributed by atoms with Gasteiger partial charge in [-0.2, -0.15) is 0 Å². The summed E-state index contributed by atoms with van der Waals surface area (Å²) in [6, 6.07) is 7.67. The molecule has 1 fully saturated rings. The Bertz CT molecular complexity index is 825. The minimum atomic E-state index is -0.492. The number of hydrogen-bond acceptors (Lipinski definition) is 5. The Morgan fingerprint density at radius 2 is 1.93 bits per heavy atom. The van der Waals surface area contributed by atoms with E-state index in [2.05, 4.69) is 31.0 Å². The fraction of sp³-hybridized carbons (Fsp3) is 0.500. The highest BCUT2D eigenvalue weighted by atomic mass is 32.2. The molecule has 1 amide bonds. The third-order valence-electron chi connectivity index (χ3n) is 4.89. The second-order valence-electron chi connectivity index (χ2n) is 7.97. The van der Waals surface area contributed by atoms with Crippen molar-refractivity contribution in [3.8, 4) is 0 Å². The van der Waals surface area contributed by atoms with E-state index in [1.165, 1.54) is 5.56 Å². The summed E-state index contributed by atoms with van der Waals surface area (Å²) in [5.74, 6) is 0.974. The molecular weight excluding hydrogens is 372 g/mol. The van der Waals surface area contributed by atoms with Gasteiger partial charge in [-0.05, 0) is 29.9 Å². The number of esters is 1. The van der Waals surface area contributed by atoms with E-state index in [0.29, 0.717) is 41.1 Å². The van der Waals surface area contributed by atoms with E-state index in [0.717, 1.165) is 5.56 Å². The maximum atomic E-state index is 13.0. The van der Waals surface area contributed by atoms with Gasteiger partial charge in [-0.3, -0.25) is 9.69 Å². The number of amides is 1. The first-order valence-electron chi connectivity index (χ1n) is 9.81. The van der Waals surface area contributed by atoms with Gasteiger partial charge in [0.05, 0.1) is 23.9 Å². The molecule has 3 rings (SSSR count). The van der Waals surface area contributed by atoms with Crippen LogP contribution >= 0.6 is 11.8 Å². The van der Waals surface area contributed by atoms with Crippen LogP contribution in [0.4, 0.5) is 0 Å². The Kier molecular flexibility index (Phi) is 6.28. The molecular formula is C22H28N2O3S. The molecule has 2 heterocycles. The minimum Gasteiger partial charge on any atom is -0.462 e. The molecule has 150 valence electrons. The van der Waals surface area contributed by atoms with E-state index >= 15 is 0 Å². The number of hydrogen-bond donors (Lipinski definition) is 0. The first-order valence-corrected chi connectivity index (χ1v) is 10.8. The van der Waals surface area contributed by atoms with Crippen LogP contribution < -0.4 is 0 Å². The summed E-state index contributed by atoms with van der Waals surface area (Å²) in [4.78, 5) is 32.0. The van der Waals surface area contributed by atoms with Crippen molar-refractivity contribution in [1.82, 2.24) is 4.90 Å². The zero-order valence-electron chi connectivity index (χ0n) is 17.2. The lowest BCUT2D eigenvalue weighted by Gasteiger charge is -2.39. The number of carbonyl (C=O) groups is 2. The minimum absolute atomic E-state index is 0.00269. The average Bonchev–Trinajstić information content (AvgIpc) is 2.65. The summed E-state index contributed by atoms with van der Waals surface area (Å²) >= 11 is 1.56. The lowest BCUT2D eigenvalue weighted by atomic mass is 9.92. The lowest BCUT2D eigenvalue weighted by Crippen LogP contribution is -2.45. The van der Waals surface area contributed by atoms with Crippen molar-refractivity contribution >= 4 is 28.8 Å². The Hall–Kier alpha value is -2.08. The maximum absolute atomic E-state index is 13.0. The maximum Gasteiger partial charge on any atom is 0.338 e. The van der Waals surface area contributed by atoms with Crippen molar-refractivity contribution in [2.45, 2.75) is 53.0 Å². The largest absolute Gasteiger partial charge is 0.462 e. The van der Waals surface area contributed by atoms with Crippen LogP contribution in [-0.4, -0.2) is 34.3 Å². The van der Waals surface area contributed by atoms with Gasteiger partial charge in [0.25, 0.3) is 0 Å². The predicted octanol–water partition coefficient (Wildman–Crippen LogP) is 4.66. The summed E-state index contributed by atoms with van der Waals surface area (Å²) in [5, 5.41) is 0.673. The van der Waals surface area contributed by atoms with Gasteiger partial charge in [-0.15, -0.1) is 0 Å². The number of rotatable bonds is 5. The van der Waals surface area contributed by atoms with Crippen molar-refractivity contribution in [2.75, 3.05) is 12.4 Å². The van der Waals surface area contributed by atoms with Crippen molar-refractivity contribution in [3.05, 3.63) is 46.7 Å². The second kappa shape index (κ2) is 8.52. The van der Waals surface area contributed by atoms with E-state index in [-0.39, 0.29) is 11.8 Å². The molecule has 0 radical (unpaired) electrons. The molecule has 0 saturated carbocycles. The van der Waals surface area contributed by atoms with Gasteiger partial charge in [-0.25, -0.2) is 9.79 Å². The highest BCUT2D eigenvalue weighted by Crippen LogP contribution is 2.40. The summed E-state index contributed by atoms with van der Waals surface area (Å²) in [6.07, 6.45) is 0.442. The van der Waals surface area contributed by atoms with Gasteiger partial charge >= 0.3 is 5.97 Å². The number of ether oxygens (including phenoxy) is 1. The second-order valence-corrected chi connectivity index (χ2v) is 9.03. The van der Waals surface area contributed by atoms with Gasteiger partial charge < -0.3 is 4.74 Å². The van der Waals surface area contributed by atoms with Crippen molar-refractivity contribution in [3.63, 3.8) is 0 Å². The summed E-state index contributed by atoms with van der Waals surface area (Å²) < 4.78 is 5.53. The average molecular weight is 401 g/mol. The highest BCUT2D eigenvalue weighted by Gasteiger charge is 2.41. The van der Waals surface area contributed by atoms with Gasteiger partial charge in [0, 0.05) is 12.2 Å². The quantitative estimate of drug-likeness (QED) is 0.675. The van der Waals surface area contributed by atoms with Crippen molar-refractivity contribution < 1.29 is 14.3 Å². The van der Waals surface area contributed by atoms with E-state index in [1.807, 2.05) is 32.9 Å². The van der Waals surface area contributed by atoms with Gasteiger partial charge in [0.1, 0.15) is 0 Å². The third-order valence-corrected chi connectivity index (χ3v) is 5.85. The van der Waals surface area contributed by atoms with Gasteiger partial charge in [0.15, 0.2) is 5.17 Å². The van der Waals surface area contributed by atoms with E-state index in [9.17, 15) is 9.59 Å². The zero-order chi connectivity index (χ0) is 20.4. The first kappa shape index (κ1) is 20.6. The normalized spacial score (nSPS) is 19.8. The molecule has 1 unspecified atom stereocenters. The van der Waals surface area contributed by atoms with Crippen LogP contribution in [0.5, 0.6) is 0 Å². The van der Waals surface area contributed by atoms with Crippen LogP contribution in [-0.2, 0) is 14.3 Å². The van der Waals surface area contributed by atoms with Crippen LogP contribution in [0.1, 0.15) is 64.1 Å². The molecule has 1 saturated heterocycles. The number of thioether (sulfide) groups is 1. The summed E-state index contributed by atoms with van der Waals surface area (Å²) in [7, 11) is 0. The number of amidine groups is 1. The van der Waals surface area contributed by atoms with Gasteiger partial charge in [0.2, 0.25) is 5.91 Å². The van der Waals surface area contributed by atoms with Crippen LogP contribution in [0.3, 0.4) is 0 Å². The Balaban J connectivity index is 2.05. The molecule has 1 aromatic carbocycles. The molecule has 0 aliphatic carbocycles. The summed E-state index contributed by atoms with van der Waals surface area (Å²) in [6.45, 7) is 10.4. The number of fused-ring (bicyclic) bond motifs is 1. The number of benzene rings is 1. The van der Waals surface area contributed by atoms with Crippen molar-refractivity contribution in [1.29, 1.82) is 0 Å². The molecule has 5 nitrogen and oxygen atoms in total. The van der Waals surface area contributed by atoms with Gasteiger partial charge in [-0.1, -0.05) is 63.7 Å². The van der Waals surface area contributed by atoms with Crippen molar-refractivity contribution in [2.24, 2.45) is 10.9 Å². The number of carbonyl (C=O) groups excluding carboxylic acids is 2. The molecule has 28 heavy (non-hydrogen) atoms. The van der Waals surface area contributed by atoms with E-state index < -0.39 is 12.0 Å². The zero-order valence-corrected chi connectivity index (χ0v) is 18.0. The standard InChI is InChI=1S/C22H28N2O3S/c1-13(2)12-27-21(26)19-15(5)23-22-24(18(25)10-11-28-22)20(19)17-8-6-16(7-9-17)14(3)4/h6-9,13-14,20H,10-12H2,1-5H3. The monoisotopic (exact) mass is 400 g/mol. The first-order chi connectivity index (χ1) is 13.3. The fourth-order valence-corrected chi connectivity index (χ4v) is 4.36. The molecule has 0 bridgehead atoms. The molecule has 0 N–H and O–H groups in total. The molecule has 1 aromatic rings. The third kappa shape index (κ3) is 4.17. The Morgan fingerprint density at radius 3 is 2.54 bits per heavy atom. The van der Waals surface area contributed by atoms with E-state index in [1.54, 1.807) is 16.7 Å².